The quantitative estimate of drug-likeness (QED) is 0.616. The van der Waals surface area contributed by atoms with E-state index >= 15 is 0 Å². The number of ether oxygens (including phenoxy) is 1. The number of thiazole rings is 1. The van der Waals surface area contributed by atoms with E-state index in [1.807, 2.05) is 61.2 Å². The van der Waals surface area contributed by atoms with E-state index in [0.717, 1.165) is 40.1 Å². The van der Waals surface area contributed by atoms with E-state index in [9.17, 15) is 9.59 Å². The second kappa shape index (κ2) is 10.1. The zero-order chi connectivity index (χ0) is 22.5. The molecular formula is C24H28N4O3S. The third-order valence-corrected chi connectivity index (χ3v) is 6.36. The second-order valence-electron chi connectivity index (χ2n) is 7.92. The van der Waals surface area contributed by atoms with Gasteiger partial charge in [0.15, 0.2) is 5.13 Å². The molecule has 168 valence electrons. The van der Waals surface area contributed by atoms with Crippen molar-refractivity contribution < 1.29 is 14.3 Å². The minimum Gasteiger partial charge on any atom is -0.494 e. The van der Waals surface area contributed by atoms with Gasteiger partial charge in [-0.3, -0.25) is 14.5 Å². The fourth-order valence-electron chi connectivity index (χ4n) is 3.87. The fourth-order valence-corrected chi connectivity index (χ4v) is 4.78. The number of aromatic nitrogens is 1. The van der Waals surface area contributed by atoms with E-state index in [-0.39, 0.29) is 18.4 Å². The molecule has 0 saturated carbocycles. The van der Waals surface area contributed by atoms with Crippen LogP contribution in [0, 0.1) is 6.92 Å². The first-order chi connectivity index (χ1) is 15.5. The van der Waals surface area contributed by atoms with Crippen LogP contribution >= 0.6 is 11.3 Å². The molecule has 0 unspecified atom stereocenters. The molecule has 0 aliphatic carbocycles. The number of hydrogen-bond acceptors (Lipinski definition) is 6. The Kier molecular flexibility index (Phi) is 7.02. The Morgan fingerprint density at radius 2 is 2.00 bits per heavy atom. The first-order valence-electron chi connectivity index (χ1n) is 10.9. The minimum atomic E-state index is -0.0902. The molecule has 0 bridgehead atoms. The molecule has 1 aliphatic heterocycles. The third-order valence-electron chi connectivity index (χ3n) is 5.43. The van der Waals surface area contributed by atoms with Gasteiger partial charge in [0.05, 0.1) is 23.4 Å². The third kappa shape index (κ3) is 5.44. The highest BCUT2D eigenvalue weighted by atomic mass is 32.1. The molecular weight excluding hydrogens is 424 g/mol. The molecule has 32 heavy (non-hydrogen) atoms. The van der Waals surface area contributed by atoms with Gasteiger partial charge in [0, 0.05) is 31.7 Å². The molecule has 0 radical (unpaired) electrons. The molecule has 0 atom stereocenters. The number of rotatable bonds is 6. The van der Waals surface area contributed by atoms with Gasteiger partial charge >= 0.3 is 0 Å². The summed E-state index contributed by atoms with van der Waals surface area (Å²) in [6.07, 6.45) is 0.839. The smallest absolute Gasteiger partial charge is 0.253 e. The lowest BCUT2D eigenvalue weighted by atomic mass is 10.1. The highest BCUT2D eigenvalue weighted by Crippen LogP contribution is 2.29. The standard InChI is InChI=1S/C24H28N4O3S/c1-3-31-19-8-9-20-21(15-19)32-24(25-20)26-22(29)16-27-10-5-11-28(13-12-27)23(30)18-7-4-6-17(2)14-18/h4,6-9,14-15H,3,5,10-13,16H2,1-2H3,(H,25,26,29). The maximum Gasteiger partial charge on any atom is 0.253 e. The summed E-state index contributed by atoms with van der Waals surface area (Å²) in [4.78, 5) is 33.9. The Balaban J connectivity index is 1.32. The molecule has 1 aromatic heterocycles. The lowest BCUT2D eigenvalue weighted by Gasteiger charge is -2.22. The average Bonchev–Trinajstić information content (AvgIpc) is 3.01. The normalized spacial score (nSPS) is 14.9. The van der Waals surface area contributed by atoms with E-state index in [1.165, 1.54) is 11.3 Å². The highest BCUT2D eigenvalue weighted by molar-refractivity contribution is 7.22. The molecule has 8 heteroatoms. The Hall–Kier alpha value is -2.97. The number of carbonyl (C=O) groups is 2. The van der Waals surface area contributed by atoms with Crippen LogP contribution in [0.4, 0.5) is 5.13 Å². The zero-order valence-electron chi connectivity index (χ0n) is 18.5. The number of benzene rings is 2. The van der Waals surface area contributed by atoms with Gasteiger partial charge in [0.25, 0.3) is 5.91 Å². The topological polar surface area (TPSA) is 74.8 Å². The summed E-state index contributed by atoms with van der Waals surface area (Å²) < 4.78 is 6.51. The van der Waals surface area contributed by atoms with Gasteiger partial charge in [-0.1, -0.05) is 29.0 Å². The number of anilines is 1. The van der Waals surface area contributed by atoms with Crippen LogP contribution in [0.1, 0.15) is 29.3 Å². The number of aryl methyl sites for hydroxylation is 1. The van der Waals surface area contributed by atoms with Crippen molar-refractivity contribution in [3.05, 3.63) is 53.6 Å². The molecule has 0 spiro atoms. The van der Waals surface area contributed by atoms with Gasteiger partial charge in [-0.15, -0.1) is 0 Å². The Morgan fingerprint density at radius 3 is 2.81 bits per heavy atom. The van der Waals surface area contributed by atoms with Crippen molar-refractivity contribution in [2.75, 3.05) is 44.6 Å². The molecule has 1 fully saturated rings. The maximum atomic E-state index is 12.8. The number of amides is 2. The van der Waals surface area contributed by atoms with Crippen molar-refractivity contribution in [1.82, 2.24) is 14.8 Å². The summed E-state index contributed by atoms with van der Waals surface area (Å²) in [5.74, 6) is 0.768. The number of nitrogens with zero attached hydrogens (tertiary/aromatic N) is 3. The number of nitrogens with one attached hydrogen (secondary N) is 1. The average molecular weight is 453 g/mol. The van der Waals surface area contributed by atoms with Gasteiger partial charge in [-0.25, -0.2) is 4.98 Å². The summed E-state index contributed by atoms with van der Waals surface area (Å²) in [6.45, 7) is 7.59. The van der Waals surface area contributed by atoms with Crippen LogP contribution in [0.15, 0.2) is 42.5 Å². The summed E-state index contributed by atoms with van der Waals surface area (Å²) in [5, 5.41) is 3.51. The number of fused-ring (bicyclic) bond motifs is 1. The van der Waals surface area contributed by atoms with Gasteiger partial charge < -0.3 is 15.0 Å². The molecule has 7 nitrogen and oxygen atoms in total. The molecule has 3 aromatic rings. The predicted octanol–water partition coefficient (Wildman–Crippen LogP) is 3.79. The monoisotopic (exact) mass is 452 g/mol. The van der Waals surface area contributed by atoms with Crippen LogP contribution < -0.4 is 10.1 Å². The van der Waals surface area contributed by atoms with Crippen molar-refractivity contribution in [1.29, 1.82) is 0 Å². The Morgan fingerprint density at radius 1 is 1.12 bits per heavy atom. The second-order valence-corrected chi connectivity index (χ2v) is 8.95. The van der Waals surface area contributed by atoms with Crippen LogP contribution in [0.2, 0.25) is 0 Å². The summed E-state index contributed by atoms with van der Waals surface area (Å²) in [5.41, 5.74) is 2.64. The van der Waals surface area contributed by atoms with Crippen LogP contribution in [0.25, 0.3) is 10.2 Å². The van der Waals surface area contributed by atoms with E-state index < -0.39 is 0 Å². The van der Waals surface area contributed by atoms with Gasteiger partial charge in [0.2, 0.25) is 5.91 Å². The lowest BCUT2D eigenvalue weighted by Crippen LogP contribution is -2.38. The Labute approximate surface area is 192 Å². The summed E-state index contributed by atoms with van der Waals surface area (Å²) >= 11 is 1.44. The van der Waals surface area contributed by atoms with Crippen LogP contribution in [-0.4, -0.2) is 65.9 Å². The fraction of sp³-hybridized carbons (Fsp3) is 0.375. The molecule has 1 aliphatic rings. The summed E-state index contributed by atoms with van der Waals surface area (Å²) in [7, 11) is 0. The van der Waals surface area contributed by atoms with Crippen molar-refractivity contribution in [2.45, 2.75) is 20.3 Å². The van der Waals surface area contributed by atoms with E-state index in [0.29, 0.717) is 31.4 Å². The van der Waals surface area contributed by atoms with Crippen molar-refractivity contribution in [2.24, 2.45) is 0 Å². The van der Waals surface area contributed by atoms with Gasteiger partial charge in [-0.05, 0) is 50.6 Å². The molecule has 1 saturated heterocycles. The number of hydrogen-bond donors (Lipinski definition) is 1. The maximum absolute atomic E-state index is 12.8. The molecule has 2 heterocycles. The lowest BCUT2D eigenvalue weighted by molar-refractivity contribution is -0.117. The predicted molar refractivity (Wildman–Crippen MR) is 128 cm³/mol. The largest absolute Gasteiger partial charge is 0.494 e. The summed E-state index contributed by atoms with van der Waals surface area (Å²) in [6, 6.07) is 13.4. The van der Waals surface area contributed by atoms with Crippen molar-refractivity contribution >= 4 is 38.5 Å². The molecule has 1 N–H and O–H groups in total. The molecule has 2 aromatic carbocycles. The SMILES string of the molecule is CCOc1ccc2nc(NC(=O)CN3CCCN(C(=O)c4cccc(C)c4)CC3)sc2c1. The van der Waals surface area contributed by atoms with Crippen LogP contribution in [0.3, 0.4) is 0 Å². The van der Waals surface area contributed by atoms with E-state index in [2.05, 4.69) is 15.2 Å². The van der Waals surface area contributed by atoms with Crippen molar-refractivity contribution in [3.8, 4) is 5.75 Å². The zero-order valence-corrected chi connectivity index (χ0v) is 19.3. The van der Waals surface area contributed by atoms with E-state index in [4.69, 9.17) is 4.74 Å². The minimum absolute atomic E-state index is 0.0564. The van der Waals surface area contributed by atoms with E-state index in [1.54, 1.807) is 0 Å². The van der Waals surface area contributed by atoms with Gasteiger partial charge in [0.1, 0.15) is 5.75 Å². The Bertz CT molecular complexity index is 1110. The van der Waals surface area contributed by atoms with Crippen LogP contribution in [0.5, 0.6) is 5.75 Å². The molecule has 2 amide bonds. The first kappa shape index (κ1) is 22.2. The molecule has 4 rings (SSSR count). The highest BCUT2D eigenvalue weighted by Gasteiger charge is 2.22. The van der Waals surface area contributed by atoms with Gasteiger partial charge in [-0.2, -0.15) is 0 Å². The van der Waals surface area contributed by atoms with Crippen LogP contribution in [-0.2, 0) is 4.79 Å². The first-order valence-corrected chi connectivity index (χ1v) is 11.7. The van der Waals surface area contributed by atoms with Crippen molar-refractivity contribution in [3.63, 3.8) is 0 Å². The number of carbonyl (C=O) groups excluding carboxylic acids is 2.